The van der Waals surface area contributed by atoms with Crippen molar-refractivity contribution in [3.05, 3.63) is 85.1 Å². The fourth-order valence-electron chi connectivity index (χ4n) is 10.5. The summed E-state index contributed by atoms with van der Waals surface area (Å²) in [5.74, 6) is -0.856. The van der Waals surface area contributed by atoms with Crippen LogP contribution in [0.3, 0.4) is 0 Å². The van der Waals surface area contributed by atoms with Gasteiger partial charge in [-0.15, -0.1) is 0 Å². The maximum Gasteiger partial charge on any atom is 0.306 e. The van der Waals surface area contributed by atoms with Gasteiger partial charge in [0.1, 0.15) is 13.2 Å². The second kappa shape index (κ2) is 71.1. The molecule has 0 saturated carbocycles. The molecular weight excluding hydrogens is 1020 g/mol. The minimum absolute atomic E-state index is 0.0722. The van der Waals surface area contributed by atoms with E-state index in [0.29, 0.717) is 19.3 Å². The minimum Gasteiger partial charge on any atom is -0.462 e. The number of allylic oxidation sites excluding steroid dienone is 14. The molecule has 1 atom stereocenters. The van der Waals surface area contributed by atoms with Crippen LogP contribution in [0.5, 0.6) is 0 Å². The number of hydrogen-bond donors (Lipinski definition) is 0. The summed E-state index contributed by atoms with van der Waals surface area (Å²) in [7, 11) is 0. The van der Waals surface area contributed by atoms with Crippen molar-refractivity contribution >= 4 is 17.9 Å². The molecule has 0 aromatic rings. The number of carbonyl (C=O) groups excluding carboxylic acids is 3. The van der Waals surface area contributed by atoms with Crippen molar-refractivity contribution in [2.24, 2.45) is 0 Å². The van der Waals surface area contributed by atoms with Crippen LogP contribution in [0.15, 0.2) is 85.1 Å². The van der Waals surface area contributed by atoms with Crippen LogP contribution in [0.4, 0.5) is 0 Å². The van der Waals surface area contributed by atoms with Gasteiger partial charge in [-0.25, -0.2) is 0 Å². The SMILES string of the molecule is CC/C=C\C/C=C\C/C=C\C/C=C\C/C=C\C/C=C\C/C=C\CCCCCCCCCCCC(=O)OCC(COC(=O)CCCCCCCCCCCCCC)OC(=O)CCCCCCCCCCCCCCCCCCCCCCCC. The van der Waals surface area contributed by atoms with E-state index in [0.717, 1.165) is 109 Å². The van der Waals surface area contributed by atoms with E-state index < -0.39 is 6.10 Å². The fraction of sp³-hybridized carbons (Fsp3) is 0.779. The molecule has 0 radical (unpaired) electrons. The maximum absolute atomic E-state index is 13.0. The summed E-state index contributed by atoms with van der Waals surface area (Å²) in [6.07, 6.45) is 94.7. The van der Waals surface area contributed by atoms with Gasteiger partial charge in [-0.05, 0) is 77.0 Å². The van der Waals surface area contributed by atoms with E-state index in [1.54, 1.807) is 0 Å². The maximum atomic E-state index is 13.0. The molecule has 0 amide bonds. The molecule has 0 N–H and O–H groups in total. The number of hydrogen-bond acceptors (Lipinski definition) is 6. The quantitative estimate of drug-likeness (QED) is 0.0261. The molecular formula is C77H136O6. The van der Waals surface area contributed by atoms with Gasteiger partial charge in [-0.3, -0.25) is 14.4 Å². The molecule has 0 aromatic heterocycles. The molecule has 83 heavy (non-hydrogen) atoms. The molecule has 6 nitrogen and oxygen atoms in total. The minimum atomic E-state index is -0.776. The predicted octanol–water partition coefficient (Wildman–Crippen LogP) is 25.0. The van der Waals surface area contributed by atoms with Crippen molar-refractivity contribution < 1.29 is 28.6 Å². The third kappa shape index (κ3) is 69.3. The highest BCUT2D eigenvalue weighted by Gasteiger charge is 2.19. The van der Waals surface area contributed by atoms with Gasteiger partial charge in [0.15, 0.2) is 6.10 Å². The summed E-state index contributed by atoms with van der Waals surface area (Å²) in [4.78, 5) is 38.4. The zero-order valence-electron chi connectivity index (χ0n) is 55.2. The van der Waals surface area contributed by atoms with Gasteiger partial charge >= 0.3 is 17.9 Å². The lowest BCUT2D eigenvalue weighted by Gasteiger charge is -2.18. The van der Waals surface area contributed by atoms with Crippen LogP contribution in [0.1, 0.15) is 367 Å². The molecule has 1 unspecified atom stereocenters. The fourth-order valence-corrected chi connectivity index (χ4v) is 10.5. The smallest absolute Gasteiger partial charge is 0.306 e. The highest BCUT2D eigenvalue weighted by Crippen LogP contribution is 2.18. The highest BCUT2D eigenvalue weighted by molar-refractivity contribution is 5.71. The Labute approximate surface area is 515 Å². The van der Waals surface area contributed by atoms with Crippen LogP contribution in [0, 0.1) is 0 Å². The van der Waals surface area contributed by atoms with Gasteiger partial charge in [0.25, 0.3) is 0 Å². The van der Waals surface area contributed by atoms with Crippen LogP contribution < -0.4 is 0 Å². The Morgan fingerprint density at radius 1 is 0.253 bits per heavy atom. The van der Waals surface area contributed by atoms with Gasteiger partial charge in [0.05, 0.1) is 0 Å². The first-order valence-electron chi connectivity index (χ1n) is 36.1. The lowest BCUT2D eigenvalue weighted by atomic mass is 10.0. The normalized spacial score (nSPS) is 12.6. The Morgan fingerprint density at radius 2 is 0.470 bits per heavy atom. The van der Waals surface area contributed by atoms with Crippen LogP contribution in [0.2, 0.25) is 0 Å². The summed E-state index contributed by atoms with van der Waals surface area (Å²) in [6.45, 7) is 6.58. The van der Waals surface area contributed by atoms with E-state index >= 15 is 0 Å². The molecule has 0 spiro atoms. The number of esters is 3. The Balaban J connectivity index is 4.24. The van der Waals surface area contributed by atoms with Gasteiger partial charge < -0.3 is 14.2 Å². The molecule has 0 bridgehead atoms. The Kier molecular flexibility index (Phi) is 68.2. The number of rotatable bonds is 66. The molecule has 6 heteroatoms. The van der Waals surface area contributed by atoms with Gasteiger partial charge in [0, 0.05) is 19.3 Å². The van der Waals surface area contributed by atoms with Crippen molar-refractivity contribution in [3.63, 3.8) is 0 Å². The summed E-state index contributed by atoms with van der Waals surface area (Å²) >= 11 is 0. The van der Waals surface area contributed by atoms with Crippen molar-refractivity contribution in [2.75, 3.05) is 13.2 Å². The molecule has 0 heterocycles. The van der Waals surface area contributed by atoms with Crippen molar-refractivity contribution in [1.82, 2.24) is 0 Å². The molecule has 0 aromatic carbocycles. The first-order chi connectivity index (χ1) is 41.0. The average molecular weight is 1160 g/mol. The zero-order chi connectivity index (χ0) is 59.9. The van der Waals surface area contributed by atoms with Crippen molar-refractivity contribution in [1.29, 1.82) is 0 Å². The molecule has 0 fully saturated rings. The van der Waals surface area contributed by atoms with Crippen molar-refractivity contribution in [2.45, 2.75) is 374 Å². The van der Waals surface area contributed by atoms with E-state index in [-0.39, 0.29) is 31.1 Å². The number of carbonyl (C=O) groups is 3. The van der Waals surface area contributed by atoms with E-state index in [1.807, 2.05) is 0 Å². The van der Waals surface area contributed by atoms with E-state index in [1.165, 1.54) is 218 Å². The van der Waals surface area contributed by atoms with Crippen LogP contribution in [0.25, 0.3) is 0 Å². The summed E-state index contributed by atoms with van der Waals surface area (Å²) in [5.41, 5.74) is 0. The third-order valence-corrected chi connectivity index (χ3v) is 15.9. The second-order valence-corrected chi connectivity index (χ2v) is 24.1. The topological polar surface area (TPSA) is 78.9 Å². The summed E-state index contributed by atoms with van der Waals surface area (Å²) in [5, 5.41) is 0. The Hall–Kier alpha value is -3.41. The molecule has 0 aliphatic carbocycles. The van der Waals surface area contributed by atoms with E-state index in [2.05, 4.69) is 106 Å². The van der Waals surface area contributed by atoms with Crippen molar-refractivity contribution in [3.8, 4) is 0 Å². The monoisotopic (exact) mass is 1160 g/mol. The van der Waals surface area contributed by atoms with E-state index in [9.17, 15) is 14.4 Å². The van der Waals surface area contributed by atoms with Gasteiger partial charge in [-0.2, -0.15) is 0 Å². The Morgan fingerprint density at radius 3 is 0.735 bits per heavy atom. The molecule has 0 rings (SSSR count). The second-order valence-electron chi connectivity index (χ2n) is 24.1. The van der Waals surface area contributed by atoms with Crippen LogP contribution in [-0.2, 0) is 28.6 Å². The largest absolute Gasteiger partial charge is 0.462 e. The molecule has 0 aliphatic rings. The summed E-state index contributed by atoms with van der Waals surface area (Å²) < 4.78 is 17.0. The molecule has 480 valence electrons. The lowest BCUT2D eigenvalue weighted by molar-refractivity contribution is -0.167. The first-order valence-corrected chi connectivity index (χ1v) is 36.1. The van der Waals surface area contributed by atoms with Crippen LogP contribution in [-0.4, -0.2) is 37.2 Å². The first kappa shape index (κ1) is 79.6. The highest BCUT2D eigenvalue weighted by atomic mass is 16.6. The predicted molar refractivity (Wildman–Crippen MR) is 362 cm³/mol. The van der Waals surface area contributed by atoms with E-state index in [4.69, 9.17) is 14.2 Å². The standard InChI is InChI=1S/C77H136O6/c1-4-7-10-13-16-19-22-25-27-29-31-33-35-36-37-38-39-40-41-42-43-45-46-48-50-52-55-58-61-64-67-70-76(79)82-73-74(72-81-75(78)69-66-63-60-57-54-24-21-18-15-12-9-6-3)83-77(80)71-68-65-62-59-56-53-51-49-47-44-34-32-30-28-26-23-20-17-14-11-8-5-2/h7,10,16,19,25,27,31,33,36-37,39-40,42-43,74H,4-6,8-9,11-15,17-18,20-24,26,28-30,32,34-35,38,41,44-73H2,1-3H3/b10-7-,19-16-,27-25-,33-31-,37-36-,40-39-,43-42-. The lowest BCUT2D eigenvalue weighted by Crippen LogP contribution is -2.30. The zero-order valence-corrected chi connectivity index (χ0v) is 55.2. The summed E-state index contributed by atoms with van der Waals surface area (Å²) in [6, 6.07) is 0. The van der Waals surface area contributed by atoms with Gasteiger partial charge in [0.2, 0.25) is 0 Å². The number of ether oxygens (including phenoxy) is 3. The molecule has 0 saturated heterocycles. The third-order valence-electron chi connectivity index (χ3n) is 15.9. The average Bonchev–Trinajstić information content (AvgIpc) is 3.49. The number of unbranched alkanes of at least 4 members (excludes halogenated alkanes) is 41. The molecule has 0 aliphatic heterocycles. The van der Waals surface area contributed by atoms with Gasteiger partial charge in [-0.1, -0.05) is 356 Å². The Bertz CT molecular complexity index is 1570. The van der Waals surface area contributed by atoms with Crippen LogP contribution >= 0.6 is 0 Å².